The third-order valence-electron chi connectivity index (χ3n) is 4.95. The molecule has 0 spiro atoms. The van der Waals surface area contributed by atoms with Gasteiger partial charge in [0, 0.05) is 0 Å². The van der Waals surface area contributed by atoms with Crippen LogP contribution in [0.4, 0.5) is 0 Å². The van der Waals surface area contributed by atoms with E-state index in [2.05, 4.69) is 82.3 Å². The van der Waals surface area contributed by atoms with Crippen LogP contribution < -0.4 is 0 Å². The predicted molar refractivity (Wildman–Crippen MR) is 97.3 cm³/mol. The van der Waals surface area contributed by atoms with Crippen LogP contribution in [0, 0.1) is 11.8 Å². The number of hydrogen-bond acceptors (Lipinski definition) is 0. The molecule has 118 valence electrons. The standard InChI is InChI=1S/C22H30/c1-5-18(4)21(15-19-11-7-6-8-12-19)16-20-13-9-10-14-22(20)17(2)3/h6-14,17-18,21H,5,15-16H2,1-4H3. The van der Waals surface area contributed by atoms with Gasteiger partial charge in [-0.15, -0.1) is 0 Å². The van der Waals surface area contributed by atoms with Crippen molar-refractivity contribution in [2.75, 3.05) is 0 Å². The second-order valence-corrected chi connectivity index (χ2v) is 6.89. The summed E-state index contributed by atoms with van der Waals surface area (Å²) in [5.41, 5.74) is 4.53. The molecule has 2 aromatic rings. The molecule has 2 aromatic carbocycles. The highest BCUT2D eigenvalue weighted by molar-refractivity contribution is 5.30. The van der Waals surface area contributed by atoms with Gasteiger partial charge in [-0.25, -0.2) is 0 Å². The summed E-state index contributed by atoms with van der Waals surface area (Å²) in [6.07, 6.45) is 3.63. The van der Waals surface area contributed by atoms with E-state index in [0.29, 0.717) is 11.8 Å². The molecule has 0 saturated carbocycles. The fraction of sp³-hybridized carbons (Fsp3) is 0.455. The van der Waals surface area contributed by atoms with E-state index < -0.39 is 0 Å². The highest BCUT2D eigenvalue weighted by atomic mass is 14.2. The highest BCUT2D eigenvalue weighted by Gasteiger charge is 2.19. The van der Waals surface area contributed by atoms with Crippen molar-refractivity contribution in [1.29, 1.82) is 0 Å². The van der Waals surface area contributed by atoms with Gasteiger partial charge in [-0.3, -0.25) is 0 Å². The lowest BCUT2D eigenvalue weighted by atomic mass is 9.80. The Labute approximate surface area is 136 Å². The van der Waals surface area contributed by atoms with Gasteiger partial charge in [0.1, 0.15) is 0 Å². The first-order chi connectivity index (χ1) is 10.6. The van der Waals surface area contributed by atoms with Crippen LogP contribution >= 0.6 is 0 Å². The fourth-order valence-electron chi connectivity index (χ4n) is 3.29. The molecule has 0 saturated heterocycles. The minimum absolute atomic E-state index is 0.602. The van der Waals surface area contributed by atoms with E-state index >= 15 is 0 Å². The number of benzene rings is 2. The third kappa shape index (κ3) is 4.47. The summed E-state index contributed by atoms with van der Waals surface area (Å²) in [5.74, 6) is 2.07. The van der Waals surface area contributed by atoms with Crippen molar-refractivity contribution in [1.82, 2.24) is 0 Å². The van der Waals surface area contributed by atoms with Gasteiger partial charge in [0.15, 0.2) is 0 Å². The Morgan fingerprint density at radius 3 is 2.05 bits per heavy atom. The van der Waals surface area contributed by atoms with Crippen molar-refractivity contribution in [3.8, 4) is 0 Å². The van der Waals surface area contributed by atoms with Crippen molar-refractivity contribution < 1.29 is 0 Å². The topological polar surface area (TPSA) is 0 Å². The van der Waals surface area contributed by atoms with Crippen LogP contribution in [0.5, 0.6) is 0 Å². The Hall–Kier alpha value is -1.56. The first-order valence-electron chi connectivity index (χ1n) is 8.73. The molecule has 0 N–H and O–H groups in total. The molecule has 2 rings (SSSR count). The smallest absolute Gasteiger partial charge is 0.0216 e. The third-order valence-corrected chi connectivity index (χ3v) is 4.95. The molecular formula is C22H30. The molecule has 0 nitrogen and oxygen atoms in total. The Morgan fingerprint density at radius 1 is 0.773 bits per heavy atom. The van der Waals surface area contributed by atoms with Gasteiger partial charge in [-0.05, 0) is 47.3 Å². The summed E-state index contributed by atoms with van der Waals surface area (Å²) >= 11 is 0. The molecule has 0 aliphatic carbocycles. The van der Waals surface area contributed by atoms with Crippen molar-refractivity contribution in [3.05, 3.63) is 71.3 Å². The highest BCUT2D eigenvalue weighted by Crippen LogP contribution is 2.28. The van der Waals surface area contributed by atoms with Gasteiger partial charge >= 0.3 is 0 Å². The quantitative estimate of drug-likeness (QED) is 0.565. The van der Waals surface area contributed by atoms with E-state index in [4.69, 9.17) is 0 Å². The summed E-state index contributed by atoms with van der Waals surface area (Å²) in [6, 6.07) is 20.0. The van der Waals surface area contributed by atoms with Gasteiger partial charge in [-0.1, -0.05) is 88.7 Å². The second-order valence-electron chi connectivity index (χ2n) is 6.89. The summed E-state index contributed by atoms with van der Waals surface area (Å²) in [4.78, 5) is 0. The van der Waals surface area contributed by atoms with Gasteiger partial charge in [0.25, 0.3) is 0 Å². The van der Waals surface area contributed by atoms with Gasteiger partial charge in [0.2, 0.25) is 0 Å². The van der Waals surface area contributed by atoms with Crippen molar-refractivity contribution in [2.45, 2.75) is 52.9 Å². The van der Waals surface area contributed by atoms with Crippen molar-refractivity contribution in [2.24, 2.45) is 11.8 Å². The zero-order chi connectivity index (χ0) is 15.9. The monoisotopic (exact) mass is 294 g/mol. The maximum atomic E-state index is 2.41. The van der Waals surface area contributed by atoms with E-state index in [1.54, 1.807) is 5.56 Å². The van der Waals surface area contributed by atoms with Crippen LogP contribution in [0.15, 0.2) is 54.6 Å². The Balaban J connectivity index is 2.20. The summed E-state index contributed by atoms with van der Waals surface area (Å²) in [7, 11) is 0. The normalized spacial score (nSPS) is 14.0. The molecular weight excluding hydrogens is 264 g/mol. The molecule has 0 aromatic heterocycles. The lowest BCUT2D eigenvalue weighted by Crippen LogP contribution is -2.18. The van der Waals surface area contributed by atoms with E-state index in [1.807, 2.05) is 0 Å². The second kappa shape index (κ2) is 8.17. The summed E-state index contributed by atoms with van der Waals surface area (Å²) in [6.45, 7) is 9.32. The fourth-order valence-corrected chi connectivity index (χ4v) is 3.29. The Morgan fingerprint density at radius 2 is 1.41 bits per heavy atom. The molecule has 0 fully saturated rings. The van der Waals surface area contributed by atoms with Gasteiger partial charge < -0.3 is 0 Å². The van der Waals surface area contributed by atoms with Crippen LogP contribution in [0.3, 0.4) is 0 Å². The summed E-state index contributed by atoms with van der Waals surface area (Å²) in [5, 5.41) is 0. The molecule has 2 atom stereocenters. The SMILES string of the molecule is CCC(C)C(Cc1ccccc1)Cc1ccccc1C(C)C. The van der Waals surface area contributed by atoms with E-state index in [-0.39, 0.29) is 0 Å². The average Bonchev–Trinajstić information content (AvgIpc) is 2.54. The predicted octanol–water partition coefficient (Wildman–Crippen LogP) is 6.26. The molecule has 0 heteroatoms. The van der Waals surface area contributed by atoms with Gasteiger partial charge in [0.05, 0.1) is 0 Å². The maximum Gasteiger partial charge on any atom is -0.0216 e. The molecule has 0 amide bonds. The number of hydrogen-bond donors (Lipinski definition) is 0. The molecule has 22 heavy (non-hydrogen) atoms. The average molecular weight is 294 g/mol. The molecule has 0 radical (unpaired) electrons. The zero-order valence-electron chi connectivity index (χ0n) is 14.5. The molecule has 0 heterocycles. The molecule has 2 unspecified atom stereocenters. The Bertz CT molecular complexity index is 553. The van der Waals surface area contributed by atoms with Gasteiger partial charge in [-0.2, -0.15) is 0 Å². The maximum absolute atomic E-state index is 2.41. The minimum atomic E-state index is 0.602. The lowest BCUT2D eigenvalue weighted by molar-refractivity contribution is 0.343. The van der Waals surface area contributed by atoms with Crippen LogP contribution in [-0.4, -0.2) is 0 Å². The molecule has 0 aliphatic rings. The number of rotatable bonds is 7. The first kappa shape index (κ1) is 16.8. The molecule has 0 aliphatic heterocycles. The zero-order valence-corrected chi connectivity index (χ0v) is 14.5. The Kier molecular flexibility index (Phi) is 6.24. The van der Waals surface area contributed by atoms with Crippen molar-refractivity contribution in [3.63, 3.8) is 0 Å². The summed E-state index contributed by atoms with van der Waals surface area (Å²) < 4.78 is 0. The van der Waals surface area contributed by atoms with E-state index in [9.17, 15) is 0 Å². The largest absolute Gasteiger partial charge is 0.0651 e. The van der Waals surface area contributed by atoms with E-state index in [0.717, 1.165) is 5.92 Å². The molecule has 0 bridgehead atoms. The van der Waals surface area contributed by atoms with E-state index in [1.165, 1.54) is 30.4 Å². The van der Waals surface area contributed by atoms with Crippen LogP contribution in [0.2, 0.25) is 0 Å². The lowest BCUT2D eigenvalue weighted by Gasteiger charge is -2.25. The van der Waals surface area contributed by atoms with Crippen LogP contribution in [0.25, 0.3) is 0 Å². The van der Waals surface area contributed by atoms with Crippen LogP contribution in [-0.2, 0) is 12.8 Å². The first-order valence-corrected chi connectivity index (χ1v) is 8.73. The van der Waals surface area contributed by atoms with Crippen LogP contribution in [0.1, 0.15) is 56.7 Å². The minimum Gasteiger partial charge on any atom is -0.0651 e. The van der Waals surface area contributed by atoms with Crippen molar-refractivity contribution >= 4 is 0 Å².